The van der Waals surface area contributed by atoms with Crippen LogP contribution in [0.15, 0.2) is 48.5 Å². The van der Waals surface area contributed by atoms with E-state index in [-0.39, 0.29) is 11.9 Å². The SMILES string of the molecule is CC(C(=O)N(C)Cc1ccc2c(c1)OCCO2)N1CCC(Cc2ccccc2)CC1. The van der Waals surface area contributed by atoms with Gasteiger partial charge in [-0.15, -0.1) is 0 Å². The van der Waals surface area contributed by atoms with E-state index in [0.29, 0.717) is 25.7 Å². The van der Waals surface area contributed by atoms with Crippen LogP contribution in [0.5, 0.6) is 11.5 Å². The van der Waals surface area contributed by atoms with Crippen molar-refractivity contribution in [1.82, 2.24) is 9.80 Å². The highest BCUT2D eigenvalue weighted by molar-refractivity contribution is 5.81. The second-order valence-electron chi connectivity index (χ2n) is 8.52. The summed E-state index contributed by atoms with van der Waals surface area (Å²) in [5, 5.41) is 0. The van der Waals surface area contributed by atoms with Crippen LogP contribution >= 0.6 is 0 Å². The molecule has 0 spiro atoms. The molecule has 2 aromatic rings. The quantitative estimate of drug-likeness (QED) is 0.730. The van der Waals surface area contributed by atoms with Gasteiger partial charge in [-0.05, 0) is 68.5 Å². The van der Waals surface area contributed by atoms with Gasteiger partial charge < -0.3 is 14.4 Å². The summed E-state index contributed by atoms with van der Waals surface area (Å²) in [6.45, 7) is 5.75. The first-order chi connectivity index (χ1) is 14.6. The zero-order chi connectivity index (χ0) is 20.9. The molecule has 0 aromatic heterocycles. The summed E-state index contributed by atoms with van der Waals surface area (Å²) < 4.78 is 11.2. The highest BCUT2D eigenvalue weighted by Gasteiger charge is 2.28. The summed E-state index contributed by atoms with van der Waals surface area (Å²) in [4.78, 5) is 17.2. The second-order valence-corrected chi connectivity index (χ2v) is 8.52. The Morgan fingerprint density at radius 1 is 1.03 bits per heavy atom. The predicted octanol–water partition coefficient (Wildman–Crippen LogP) is 3.76. The summed E-state index contributed by atoms with van der Waals surface area (Å²) in [5.41, 5.74) is 2.48. The molecule has 1 saturated heterocycles. The highest BCUT2D eigenvalue weighted by Crippen LogP contribution is 2.31. The molecule has 2 aromatic carbocycles. The molecule has 1 amide bonds. The maximum Gasteiger partial charge on any atom is 0.239 e. The number of likely N-dealkylation sites (tertiary alicyclic amines) is 1. The van der Waals surface area contributed by atoms with Crippen LogP contribution in [0, 0.1) is 5.92 Å². The third kappa shape index (κ3) is 4.96. The Morgan fingerprint density at radius 3 is 2.47 bits per heavy atom. The Hall–Kier alpha value is -2.53. The fourth-order valence-electron chi connectivity index (χ4n) is 4.50. The first kappa shape index (κ1) is 20.7. The van der Waals surface area contributed by atoms with Crippen molar-refractivity contribution in [3.63, 3.8) is 0 Å². The highest BCUT2D eigenvalue weighted by atomic mass is 16.6. The lowest BCUT2D eigenvalue weighted by Gasteiger charge is -2.37. The van der Waals surface area contributed by atoms with Gasteiger partial charge in [-0.1, -0.05) is 36.4 Å². The number of hydrogen-bond acceptors (Lipinski definition) is 4. The number of rotatable bonds is 6. The number of piperidine rings is 1. The van der Waals surface area contributed by atoms with Crippen molar-refractivity contribution in [2.75, 3.05) is 33.4 Å². The van der Waals surface area contributed by atoms with Gasteiger partial charge in [0.25, 0.3) is 0 Å². The van der Waals surface area contributed by atoms with E-state index in [2.05, 4.69) is 35.2 Å². The Bertz CT molecular complexity index is 847. The fourth-order valence-corrected chi connectivity index (χ4v) is 4.50. The maximum absolute atomic E-state index is 13.0. The number of ether oxygens (including phenoxy) is 2. The number of amides is 1. The van der Waals surface area contributed by atoms with Gasteiger partial charge in [0.15, 0.2) is 11.5 Å². The van der Waals surface area contributed by atoms with Crippen LogP contribution in [-0.2, 0) is 17.8 Å². The van der Waals surface area contributed by atoms with Gasteiger partial charge in [0.2, 0.25) is 5.91 Å². The number of carbonyl (C=O) groups excluding carboxylic acids is 1. The zero-order valence-corrected chi connectivity index (χ0v) is 18.0. The Balaban J connectivity index is 1.28. The summed E-state index contributed by atoms with van der Waals surface area (Å²) in [5.74, 6) is 2.44. The first-order valence-electron chi connectivity index (χ1n) is 11.0. The second kappa shape index (κ2) is 9.52. The van der Waals surface area contributed by atoms with Crippen LogP contribution in [0.2, 0.25) is 0 Å². The minimum Gasteiger partial charge on any atom is -0.486 e. The molecule has 2 heterocycles. The van der Waals surface area contributed by atoms with E-state index in [1.54, 1.807) is 0 Å². The largest absolute Gasteiger partial charge is 0.486 e. The molecule has 5 nitrogen and oxygen atoms in total. The molecule has 160 valence electrons. The van der Waals surface area contributed by atoms with Crippen molar-refractivity contribution in [3.05, 3.63) is 59.7 Å². The van der Waals surface area contributed by atoms with Crippen molar-refractivity contribution in [2.45, 2.75) is 38.8 Å². The molecule has 0 radical (unpaired) electrons. The number of nitrogens with zero attached hydrogens (tertiary/aromatic N) is 2. The van der Waals surface area contributed by atoms with Crippen molar-refractivity contribution < 1.29 is 14.3 Å². The van der Waals surface area contributed by atoms with Crippen LogP contribution in [0.3, 0.4) is 0 Å². The average Bonchev–Trinajstić information content (AvgIpc) is 2.79. The summed E-state index contributed by atoms with van der Waals surface area (Å²) >= 11 is 0. The van der Waals surface area contributed by atoms with Crippen molar-refractivity contribution >= 4 is 5.91 Å². The van der Waals surface area contributed by atoms with E-state index in [1.165, 1.54) is 5.56 Å². The lowest BCUT2D eigenvalue weighted by Crippen LogP contribution is -2.48. The normalized spacial score (nSPS) is 18.1. The molecule has 0 aliphatic carbocycles. The maximum atomic E-state index is 13.0. The Kier molecular flexibility index (Phi) is 6.58. The summed E-state index contributed by atoms with van der Waals surface area (Å²) in [7, 11) is 1.89. The smallest absolute Gasteiger partial charge is 0.239 e. The van der Waals surface area contributed by atoms with Gasteiger partial charge in [-0.3, -0.25) is 9.69 Å². The molecule has 0 N–H and O–H groups in total. The molecular formula is C25H32N2O3. The molecule has 30 heavy (non-hydrogen) atoms. The molecule has 1 unspecified atom stereocenters. The molecular weight excluding hydrogens is 376 g/mol. The van der Waals surface area contributed by atoms with Crippen LogP contribution in [-0.4, -0.2) is 55.1 Å². The fraction of sp³-hybridized carbons (Fsp3) is 0.480. The van der Waals surface area contributed by atoms with E-state index in [9.17, 15) is 4.79 Å². The van der Waals surface area contributed by atoms with Gasteiger partial charge in [0.05, 0.1) is 6.04 Å². The molecule has 2 aliphatic rings. The van der Waals surface area contributed by atoms with E-state index in [0.717, 1.165) is 49.4 Å². The van der Waals surface area contributed by atoms with Crippen LogP contribution in [0.4, 0.5) is 0 Å². The van der Waals surface area contributed by atoms with E-state index in [4.69, 9.17) is 9.47 Å². The molecule has 1 atom stereocenters. The van der Waals surface area contributed by atoms with Gasteiger partial charge >= 0.3 is 0 Å². The topological polar surface area (TPSA) is 42.0 Å². The lowest BCUT2D eigenvalue weighted by molar-refractivity contribution is -0.136. The molecule has 1 fully saturated rings. The third-order valence-corrected chi connectivity index (χ3v) is 6.32. The minimum atomic E-state index is -0.0927. The van der Waals surface area contributed by atoms with Gasteiger partial charge in [-0.25, -0.2) is 0 Å². The number of carbonyl (C=O) groups is 1. The van der Waals surface area contributed by atoms with E-state index >= 15 is 0 Å². The van der Waals surface area contributed by atoms with E-state index in [1.807, 2.05) is 37.1 Å². The monoisotopic (exact) mass is 408 g/mol. The Morgan fingerprint density at radius 2 is 1.73 bits per heavy atom. The van der Waals surface area contributed by atoms with Crippen LogP contribution in [0.1, 0.15) is 30.9 Å². The van der Waals surface area contributed by atoms with Crippen molar-refractivity contribution in [2.24, 2.45) is 5.92 Å². The number of hydrogen-bond donors (Lipinski definition) is 0. The number of benzene rings is 2. The van der Waals surface area contributed by atoms with E-state index < -0.39 is 0 Å². The standard InChI is InChI=1S/C25H32N2O3/c1-19(27-12-10-21(11-13-27)16-20-6-4-3-5-7-20)25(28)26(2)18-22-8-9-23-24(17-22)30-15-14-29-23/h3-9,17,19,21H,10-16,18H2,1-2H3. The van der Waals surface area contributed by atoms with Crippen molar-refractivity contribution in [3.8, 4) is 11.5 Å². The molecule has 0 bridgehead atoms. The van der Waals surface area contributed by atoms with Crippen molar-refractivity contribution in [1.29, 1.82) is 0 Å². The number of likely N-dealkylation sites (N-methyl/N-ethyl adjacent to an activating group) is 1. The van der Waals surface area contributed by atoms with Gasteiger partial charge in [0.1, 0.15) is 13.2 Å². The number of fused-ring (bicyclic) bond motifs is 1. The lowest BCUT2D eigenvalue weighted by atomic mass is 9.89. The molecule has 0 saturated carbocycles. The van der Waals surface area contributed by atoms with Gasteiger partial charge in [-0.2, -0.15) is 0 Å². The van der Waals surface area contributed by atoms with Crippen LogP contribution < -0.4 is 9.47 Å². The minimum absolute atomic E-state index is 0.0927. The third-order valence-electron chi connectivity index (χ3n) is 6.32. The summed E-state index contributed by atoms with van der Waals surface area (Å²) in [6.07, 6.45) is 3.44. The molecule has 5 heteroatoms. The average molecular weight is 409 g/mol. The summed E-state index contributed by atoms with van der Waals surface area (Å²) in [6, 6.07) is 16.6. The predicted molar refractivity (Wildman–Crippen MR) is 118 cm³/mol. The Labute approximate surface area is 179 Å². The zero-order valence-electron chi connectivity index (χ0n) is 18.0. The van der Waals surface area contributed by atoms with Crippen LogP contribution in [0.25, 0.3) is 0 Å². The first-order valence-corrected chi connectivity index (χ1v) is 11.0. The molecule has 4 rings (SSSR count). The van der Waals surface area contributed by atoms with Gasteiger partial charge in [0, 0.05) is 13.6 Å². The molecule has 2 aliphatic heterocycles.